The maximum absolute atomic E-state index is 12.5. The fourth-order valence-electron chi connectivity index (χ4n) is 3.02. The lowest BCUT2D eigenvalue weighted by Crippen LogP contribution is -2.35. The van der Waals surface area contributed by atoms with Crippen molar-refractivity contribution in [1.29, 1.82) is 0 Å². The Hall–Kier alpha value is -1.15. The van der Waals surface area contributed by atoms with Crippen molar-refractivity contribution >= 4 is 5.78 Å². The Balaban J connectivity index is 1.91. The number of ketones is 1. The predicted octanol–water partition coefficient (Wildman–Crippen LogP) is 3.94. The van der Waals surface area contributed by atoms with Crippen LogP contribution in [0.5, 0.6) is 0 Å². The van der Waals surface area contributed by atoms with E-state index in [9.17, 15) is 4.79 Å². The summed E-state index contributed by atoms with van der Waals surface area (Å²) in [4.78, 5) is 14.9. The minimum absolute atomic E-state index is 0.102. The molecule has 0 aliphatic carbocycles. The summed E-state index contributed by atoms with van der Waals surface area (Å²) in [5.74, 6) is 0.392. The van der Waals surface area contributed by atoms with Crippen LogP contribution in [0.15, 0.2) is 24.3 Å². The quantitative estimate of drug-likeness (QED) is 0.732. The molecule has 1 aromatic carbocycles. The van der Waals surface area contributed by atoms with Gasteiger partial charge in [0.25, 0.3) is 0 Å². The van der Waals surface area contributed by atoms with Crippen LogP contribution in [0.3, 0.4) is 0 Å². The summed E-state index contributed by atoms with van der Waals surface area (Å²) in [6.45, 7) is 7.48. The van der Waals surface area contributed by atoms with Crippen molar-refractivity contribution in [2.75, 3.05) is 19.6 Å². The molecule has 110 valence electrons. The molecule has 1 aromatic rings. The molecule has 0 aromatic heterocycles. The van der Waals surface area contributed by atoms with Gasteiger partial charge < -0.3 is 4.90 Å². The maximum Gasteiger partial charge on any atom is 0.166 e. The van der Waals surface area contributed by atoms with Crippen LogP contribution in [0, 0.1) is 5.92 Å². The first-order valence-corrected chi connectivity index (χ1v) is 8.06. The average molecular weight is 273 g/mol. The van der Waals surface area contributed by atoms with Crippen molar-refractivity contribution in [2.45, 2.75) is 46.0 Å². The topological polar surface area (TPSA) is 20.3 Å². The molecule has 2 rings (SSSR count). The second-order valence-electron chi connectivity index (χ2n) is 6.07. The molecule has 1 unspecified atom stereocenters. The smallest absolute Gasteiger partial charge is 0.166 e. The van der Waals surface area contributed by atoms with Gasteiger partial charge in [0.2, 0.25) is 0 Å². The Morgan fingerprint density at radius 2 is 1.80 bits per heavy atom. The standard InChI is InChI=1S/C18H27NO/c1-3-7-16-8-10-17(11-9-16)18(20)15(2)14-19-12-5-4-6-13-19/h8-11,15H,3-7,12-14H2,1-2H3. The van der Waals surface area contributed by atoms with Gasteiger partial charge in [0, 0.05) is 18.0 Å². The van der Waals surface area contributed by atoms with Crippen molar-refractivity contribution in [3.8, 4) is 0 Å². The highest BCUT2D eigenvalue weighted by Crippen LogP contribution is 2.15. The fraction of sp³-hybridized carbons (Fsp3) is 0.611. The van der Waals surface area contributed by atoms with Crippen LogP contribution < -0.4 is 0 Å². The molecule has 0 bridgehead atoms. The Labute approximate surface area is 123 Å². The van der Waals surface area contributed by atoms with E-state index < -0.39 is 0 Å². The SMILES string of the molecule is CCCc1ccc(C(=O)C(C)CN2CCCCC2)cc1. The van der Waals surface area contributed by atoms with Crippen molar-refractivity contribution in [2.24, 2.45) is 5.92 Å². The van der Waals surface area contributed by atoms with E-state index in [0.29, 0.717) is 5.78 Å². The molecular weight excluding hydrogens is 246 g/mol. The maximum atomic E-state index is 12.5. The third-order valence-corrected chi connectivity index (χ3v) is 4.21. The molecule has 0 amide bonds. The molecule has 1 aliphatic heterocycles. The molecule has 1 fully saturated rings. The number of likely N-dealkylation sites (tertiary alicyclic amines) is 1. The van der Waals surface area contributed by atoms with E-state index in [2.05, 4.69) is 30.9 Å². The van der Waals surface area contributed by atoms with E-state index in [-0.39, 0.29) is 5.92 Å². The summed E-state index contributed by atoms with van der Waals surface area (Å²) in [6, 6.07) is 8.20. The van der Waals surface area contributed by atoms with E-state index in [1.807, 2.05) is 12.1 Å². The molecule has 1 heterocycles. The molecule has 0 saturated carbocycles. The highest BCUT2D eigenvalue weighted by atomic mass is 16.1. The molecule has 1 atom stereocenters. The lowest BCUT2D eigenvalue weighted by molar-refractivity contribution is 0.0883. The van der Waals surface area contributed by atoms with Gasteiger partial charge in [-0.05, 0) is 37.9 Å². The normalized spacial score (nSPS) is 17.9. The van der Waals surface area contributed by atoms with Gasteiger partial charge in [-0.3, -0.25) is 4.79 Å². The van der Waals surface area contributed by atoms with Gasteiger partial charge in [0.1, 0.15) is 0 Å². The summed E-state index contributed by atoms with van der Waals surface area (Å²) in [5, 5.41) is 0. The first-order valence-electron chi connectivity index (χ1n) is 8.06. The predicted molar refractivity (Wildman–Crippen MR) is 84.2 cm³/mol. The highest BCUT2D eigenvalue weighted by Gasteiger charge is 2.19. The first-order chi connectivity index (χ1) is 9.70. The van der Waals surface area contributed by atoms with Gasteiger partial charge in [0.15, 0.2) is 5.78 Å². The minimum Gasteiger partial charge on any atom is -0.303 e. The van der Waals surface area contributed by atoms with Crippen molar-refractivity contribution < 1.29 is 4.79 Å². The number of piperidine rings is 1. The summed E-state index contributed by atoms with van der Waals surface area (Å²) in [6.07, 6.45) is 6.16. The van der Waals surface area contributed by atoms with Crippen LogP contribution in [0.1, 0.15) is 55.5 Å². The largest absolute Gasteiger partial charge is 0.303 e. The molecule has 1 saturated heterocycles. The van der Waals surface area contributed by atoms with Gasteiger partial charge >= 0.3 is 0 Å². The summed E-state index contributed by atoms with van der Waals surface area (Å²) in [5.41, 5.74) is 2.20. The minimum atomic E-state index is 0.102. The third-order valence-electron chi connectivity index (χ3n) is 4.21. The van der Waals surface area contributed by atoms with Crippen LogP contribution in [0.25, 0.3) is 0 Å². The van der Waals surface area contributed by atoms with Gasteiger partial charge in [0.05, 0.1) is 0 Å². The second kappa shape index (κ2) is 7.58. The highest BCUT2D eigenvalue weighted by molar-refractivity contribution is 5.97. The summed E-state index contributed by atoms with van der Waals surface area (Å²) >= 11 is 0. The van der Waals surface area contributed by atoms with E-state index in [1.54, 1.807) is 0 Å². The Morgan fingerprint density at radius 3 is 2.40 bits per heavy atom. The lowest BCUT2D eigenvalue weighted by atomic mass is 9.96. The molecule has 0 radical (unpaired) electrons. The molecule has 2 heteroatoms. The average Bonchev–Trinajstić information content (AvgIpc) is 2.48. The number of benzene rings is 1. The monoisotopic (exact) mass is 273 g/mol. The Kier molecular flexibility index (Phi) is 5.78. The van der Waals surface area contributed by atoms with E-state index in [4.69, 9.17) is 0 Å². The van der Waals surface area contributed by atoms with Gasteiger partial charge in [-0.25, -0.2) is 0 Å². The van der Waals surface area contributed by atoms with Crippen LogP contribution >= 0.6 is 0 Å². The Morgan fingerprint density at radius 1 is 1.15 bits per heavy atom. The van der Waals surface area contributed by atoms with Crippen molar-refractivity contribution in [3.63, 3.8) is 0 Å². The van der Waals surface area contributed by atoms with E-state index in [0.717, 1.165) is 38.0 Å². The number of rotatable bonds is 6. The molecule has 2 nitrogen and oxygen atoms in total. The van der Waals surface area contributed by atoms with Gasteiger partial charge in [-0.1, -0.05) is 51.0 Å². The number of hydrogen-bond donors (Lipinski definition) is 0. The number of aryl methyl sites for hydroxylation is 1. The van der Waals surface area contributed by atoms with E-state index >= 15 is 0 Å². The van der Waals surface area contributed by atoms with Crippen molar-refractivity contribution in [3.05, 3.63) is 35.4 Å². The number of carbonyl (C=O) groups excluding carboxylic acids is 1. The lowest BCUT2D eigenvalue weighted by Gasteiger charge is -2.28. The molecule has 1 aliphatic rings. The van der Waals surface area contributed by atoms with Crippen LogP contribution in [-0.2, 0) is 6.42 Å². The summed E-state index contributed by atoms with van der Waals surface area (Å²) in [7, 11) is 0. The van der Waals surface area contributed by atoms with Crippen LogP contribution in [-0.4, -0.2) is 30.3 Å². The summed E-state index contributed by atoms with van der Waals surface area (Å²) < 4.78 is 0. The van der Waals surface area contributed by atoms with Crippen LogP contribution in [0.4, 0.5) is 0 Å². The Bertz CT molecular complexity index is 418. The van der Waals surface area contributed by atoms with Gasteiger partial charge in [-0.2, -0.15) is 0 Å². The zero-order valence-corrected chi connectivity index (χ0v) is 12.9. The van der Waals surface area contributed by atoms with Gasteiger partial charge in [-0.15, -0.1) is 0 Å². The molecular formula is C18H27NO. The van der Waals surface area contributed by atoms with E-state index in [1.165, 1.54) is 24.8 Å². The number of nitrogens with zero attached hydrogens (tertiary/aromatic N) is 1. The second-order valence-corrected chi connectivity index (χ2v) is 6.07. The molecule has 20 heavy (non-hydrogen) atoms. The third kappa shape index (κ3) is 4.17. The number of hydrogen-bond acceptors (Lipinski definition) is 2. The van der Waals surface area contributed by atoms with Crippen LogP contribution in [0.2, 0.25) is 0 Å². The zero-order valence-electron chi connectivity index (χ0n) is 12.9. The zero-order chi connectivity index (χ0) is 14.4. The molecule has 0 N–H and O–H groups in total. The van der Waals surface area contributed by atoms with Crippen molar-refractivity contribution in [1.82, 2.24) is 4.90 Å². The first kappa shape index (κ1) is 15.2. The number of Topliss-reactive ketones (excluding diaryl/α,β-unsaturated/α-hetero) is 1. The fourth-order valence-corrected chi connectivity index (χ4v) is 3.02. The molecule has 0 spiro atoms. The number of carbonyl (C=O) groups is 1.